The first-order chi connectivity index (χ1) is 7.33. The Morgan fingerprint density at radius 3 is 2.73 bits per heavy atom. The lowest BCUT2D eigenvalue weighted by Crippen LogP contribution is -2.37. The van der Waals surface area contributed by atoms with Crippen molar-refractivity contribution < 1.29 is 9.59 Å². The number of anilines is 1. The highest BCUT2D eigenvalue weighted by atomic mass is 16.2. The van der Waals surface area contributed by atoms with Gasteiger partial charge in [-0.3, -0.25) is 9.59 Å². The number of nitrogens with one attached hydrogen (secondary N) is 1. The van der Waals surface area contributed by atoms with Gasteiger partial charge < -0.3 is 10.2 Å². The molecule has 1 aromatic rings. The fourth-order valence-corrected chi connectivity index (χ4v) is 1.78. The number of amides is 2. The molecule has 1 saturated heterocycles. The fourth-order valence-electron chi connectivity index (χ4n) is 1.78. The third kappa shape index (κ3) is 1.83. The van der Waals surface area contributed by atoms with Crippen LogP contribution in [-0.2, 0) is 9.59 Å². The smallest absolute Gasteiger partial charge is 0.249 e. The van der Waals surface area contributed by atoms with Crippen molar-refractivity contribution in [3.05, 3.63) is 30.3 Å². The molecule has 1 heterocycles. The number of carbonyl (C=O) groups is 2. The summed E-state index contributed by atoms with van der Waals surface area (Å²) in [5.41, 5.74) is 0.887. The van der Waals surface area contributed by atoms with Crippen molar-refractivity contribution in [1.82, 2.24) is 5.32 Å². The van der Waals surface area contributed by atoms with Gasteiger partial charge in [0, 0.05) is 12.2 Å². The van der Waals surface area contributed by atoms with Crippen molar-refractivity contribution >= 4 is 18.0 Å². The molecule has 0 spiro atoms. The summed E-state index contributed by atoms with van der Waals surface area (Å²) < 4.78 is 0. The molecule has 1 atom stereocenters. The summed E-state index contributed by atoms with van der Waals surface area (Å²) in [6, 6.07) is 9.11. The minimum absolute atomic E-state index is 0.0340. The van der Waals surface area contributed by atoms with E-state index in [9.17, 15) is 9.59 Å². The van der Waals surface area contributed by atoms with Crippen molar-refractivity contribution in [1.29, 1.82) is 0 Å². The average molecular weight is 204 g/mol. The number of hydrogen-bond acceptors (Lipinski definition) is 2. The summed E-state index contributed by atoms with van der Waals surface area (Å²) in [6.45, 7) is 0.661. The van der Waals surface area contributed by atoms with E-state index in [0.29, 0.717) is 19.4 Å². The van der Waals surface area contributed by atoms with Gasteiger partial charge in [0.15, 0.2) is 0 Å². The van der Waals surface area contributed by atoms with Crippen molar-refractivity contribution in [3.63, 3.8) is 0 Å². The van der Waals surface area contributed by atoms with Crippen LogP contribution in [0.3, 0.4) is 0 Å². The second kappa shape index (κ2) is 4.13. The minimum Gasteiger partial charge on any atom is -0.347 e. The Morgan fingerprint density at radius 2 is 2.07 bits per heavy atom. The molecule has 78 valence electrons. The van der Waals surface area contributed by atoms with Gasteiger partial charge in [-0.25, -0.2) is 0 Å². The summed E-state index contributed by atoms with van der Waals surface area (Å²) in [6.07, 6.45) is 1.25. The van der Waals surface area contributed by atoms with E-state index in [1.807, 2.05) is 30.3 Å². The Hall–Kier alpha value is -1.84. The maximum absolute atomic E-state index is 11.8. The van der Waals surface area contributed by atoms with Gasteiger partial charge in [-0.2, -0.15) is 0 Å². The Balaban J connectivity index is 2.14. The average Bonchev–Trinajstić information content (AvgIpc) is 2.63. The lowest BCUT2D eigenvalue weighted by molar-refractivity contribution is -0.121. The Kier molecular flexibility index (Phi) is 2.67. The normalized spacial score (nSPS) is 20.4. The SMILES string of the molecule is O=CNC1CCN(c2ccccc2)C1=O. The highest BCUT2D eigenvalue weighted by molar-refractivity contribution is 6.00. The molecule has 1 fully saturated rings. The van der Waals surface area contributed by atoms with Crippen molar-refractivity contribution in [3.8, 4) is 0 Å². The molecule has 0 radical (unpaired) electrons. The van der Waals surface area contributed by atoms with Crippen LogP contribution >= 0.6 is 0 Å². The number of hydrogen-bond donors (Lipinski definition) is 1. The van der Waals surface area contributed by atoms with E-state index in [1.54, 1.807) is 4.90 Å². The van der Waals surface area contributed by atoms with Crippen LogP contribution in [-0.4, -0.2) is 24.9 Å². The Labute approximate surface area is 87.9 Å². The third-order valence-electron chi connectivity index (χ3n) is 2.54. The molecule has 4 nitrogen and oxygen atoms in total. The van der Waals surface area contributed by atoms with E-state index in [4.69, 9.17) is 0 Å². The fraction of sp³-hybridized carbons (Fsp3) is 0.273. The molecule has 0 aliphatic carbocycles. The molecular weight excluding hydrogens is 192 g/mol. The highest BCUT2D eigenvalue weighted by Crippen LogP contribution is 2.20. The predicted octanol–water partition coefficient (Wildman–Crippen LogP) is 0.538. The van der Waals surface area contributed by atoms with Gasteiger partial charge in [-0.1, -0.05) is 18.2 Å². The van der Waals surface area contributed by atoms with Gasteiger partial charge in [0.05, 0.1) is 0 Å². The van der Waals surface area contributed by atoms with Crippen LogP contribution < -0.4 is 10.2 Å². The summed E-state index contributed by atoms with van der Waals surface area (Å²) >= 11 is 0. The molecule has 1 unspecified atom stereocenters. The molecule has 4 heteroatoms. The standard InChI is InChI=1S/C11H12N2O2/c14-8-12-10-6-7-13(11(10)15)9-4-2-1-3-5-9/h1-5,8,10H,6-7H2,(H,12,14). The van der Waals surface area contributed by atoms with Crippen molar-refractivity contribution in [2.24, 2.45) is 0 Å². The van der Waals surface area contributed by atoms with Crippen LogP contribution in [0.1, 0.15) is 6.42 Å². The molecular formula is C11H12N2O2. The zero-order valence-electron chi connectivity index (χ0n) is 8.22. The zero-order valence-corrected chi connectivity index (χ0v) is 8.22. The van der Waals surface area contributed by atoms with E-state index >= 15 is 0 Å². The van der Waals surface area contributed by atoms with Gasteiger partial charge in [0.25, 0.3) is 0 Å². The van der Waals surface area contributed by atoms with Gasteiger partial charge >= 0.3 is 0 Å². The maximum Gasteiger partial charge on any atom is 0.249 e. The van der Waals surface area contributed by atoms with E-state index in [1.165, 1.54) is 0 Å². The van der Waals surface area contributed by atoms with Crippen LogP contribution in [0.4, 0.5) is 5.69 Å². The molecule has 1 aliphatic rings. The monoisotopic (exact) mass is 204 g/mol. The lowest BCUT2D eigenvalue weighted by Gasteiger charge is -2.16. The first-order valence-electron chi connectivity index (χ1n) is 4.89. The Bertz CT molecular complexity index is 364. The summed E-state index contributed by atoms with van der Waals surface area (Å²) in [5.74, 6) is -0.0340. The molecule has 1 aliphatic heterocycles. The first kappa shape index (κ1) is 9.71. The van der Waals surface area contributed by atoms with E-state index in [2.05, 4.69) is 5.32 Å². The molecule has 0 bridgehead atoms. The molecule has 1 N–H and O–H groups in total. The van der Waals surface area contributed by atoms with E-state index in [-0.39, 0.29) is 11.9 Å². The third-order valence-corrected chi connectivity index (χ3v) is 2.54. The number of carbonyl (C=O) groups excluding carboxylic acids is 2. The summed E-state index contributed by atoms with van der Waals surface area (Å²) in [4.78, 5) is 23.8. The second-order valence-electron chi connectivity index (χ2n) is 3.45. The number of para-hydroxylation sites is 1. The van der Waals surface area contributed by atoms with Gasteiger partial charge in [0.1, 0.15) is 6.04 Å². The van der Waals surface area contributed by atoms with E-state index < -0.39 is 0 Å². The Morgan fingerprint density at radius 1 is 1.33 bits per heavy atom. The second-order valence-corrected chi connectivity index (χ2v) is 3.45. The molecule has 2 amide bonds. The lowest BCUT2D eigenvalue weighted by atomic mass is 10.2. The summed E-state index contributed by atoms with van der Waals surface area (Å²) in [7, 11) is 0. The number of rotatable bonds is 3. The van der Waals surface area contributed by atoms with E-state index in [0.717, 1.165) is 5.69 Å². The zero-order chi connectivity index (χ0) is 10.7. The molecule has 0 aromatic heterocycles. The van der Waals surface area contributed by atoms with Crippen LogP contribution in [0.5, 0.6) is 0 Å². The number of benzene rings is 1. The molecule has 2 rings (SSSR count). The predicted molar refractivity (Wildman–Crippen MR) is 56.4 cm³/mol. The summed E-state index contributed by atoms with van der Waals surface area (Å²) in [5, 5.41) is 2.52. The largest absolute Gasteiger partial charge is 0.347 e. The number of nitrogens with zero attached hydrogens (tertiary/aromatic N) is 1. The first-order valence-corrected chi connectivity index (χ1v) is 4.89. The van der Waals surface area contributed by atoms with Gasteiger partial charge in [-0.15, -0.1) is 0 Å². The maximum atomic E-state index is 11.8. The van der Waals surface area contributed by atoms with Crippen LogP contribution in [0.25, 0.3) is 0 Å². The van der Waals surface area contributed by atoms with Crippen molar-refractivity contribution in [2.45, 2.75) is 12.5 Å². The molecule has 0 saturated carbocycles. The van der Waals surface area contributed by atoms with Gasteiger partial charge in [0.2, 0.25) is 12.3 Å². The van der Waals surface area contributed by atoms with Crippen LogP contribution in [0.15, 0.2) is 30.3 Å². The molecule has 1 aromatic carbocycles. The minimum atomic E-state index is -0.359. The van der Waals surface area contributed by atoms with Crippen molar-refractivity contribution in [2.75, 3.05) is 11.4 Å². The highest BCUT2D eigenvalue weighted by Gasteiger charge is 2.31. The quantitative estimate of drug-likeness (QED) is 0.730. The topological polar surface area (TPSA) is 49.4 Å². The molecule has 15 heavy (non-hydrogen) atoms. The van der Waals surface area contributed by atoms with Crippen LogP contribution in [0, 0.1) is 0 Å². The van der Waals surface area contributed by atoms with Gasteiger partial charge in [-0.05, 0) is 18.6 Å². The van der Waals surface area contributed by atoms with Crippen LogP contribution in [0.2, 0.25) is 0 Å².